The molecule has 28 heavy (non-hydrogen) atoms. The van der Waals surface area contributed by atoms with Crippen molar-refractivity contribution >= 4 is 0 Å². The average Bonchev–Trinajstić information content (AvgIpc) is 2.73. The van der Waals surface area contributed by atoms with Crippen molar-refractivity contribution in [1.82, 2.24) is 4.90 Å². The van der Waals surface area contributed by atoms with Gasteiger partial charge in [0.05, 0.1) is 35.0 Å². The SMILES string of the molecule is COc1cc2c(cc1OC)-c1c(OC)c(OC)c(CO)c3c1[C@@H](C2)N(C)CC3. The highest BCUT2D eigenvalue weighted by Gasteiger charge is 2.38. The molecule has 1 aliphatic carbocycles. The molecule has 0 unspecified atom stereocenters. The third-order valence-electron chi connectivity index (χ3n) is 6.10. The summed E-state index contributed by atoms with van der Waals surface area (Å²) in [7, 11) is 8.73. The first-order valence-electron chi connectivity index (χ1n) is 9.45. The van der Waals surface area contributed by atoms with E-state index in [9.17, 15) is 5.11 Å². The quantitative estimate of drug-likeness (QED) is 0.854. The first kappa shape index (κ1) is 18.9. The van der Waals surface area contributed by atoms with Crippen molar-refractivity contribution in [3.63, 3.8) is 0 Å². The number of hydrogen-bond acceptors (Lipinski definition) is 6. The summed E-state index contributed by atoms with van der Waals surface area (Å²) in [6.45, 7) is 0.861. The Labute approximate surface area is 165 Å². The van der Waals surface area contributed by atoms with Gasteiger partial charge >= 0.3 is 0 Å². The van der Waals surface area contributed by atoms with Crippen LogP contribution in [-0.2, 0) is 19.4 Å². The second kappa shape index (κ2) is 7.18. The molecule has 0 bridgehead atoms. The van der Waals surface area contributed by atoms with Crippen LogP contribution in [0.1, 0.15) is 28.3 Å². The lowest BCUT2D eigenvalue weighted by atomic mass is 9.75. The zero-order valence-electron chi connectivity index (χ0n) is 17.1. The number of ether oxygens (including phenoxy) is 4. The van der Waals surface area contributed by atoms with Crippen molar-refractivity contribution in [3.05, 3.63) is 34.4 Å². The van der Waals surface area contributed by atoms with Gasteiger partial charge < -0.3 is 24.1 Å². The molecule has 0 spiro atoms. The van der Waals surface area contributed by atoms with E-state index in [4.69, 9.17) is 18.9 Å². The Morgan fingerprint density at radius 2 is 1.68 bits per heavy atom. The highest BCUT2D eigenvalue weighted by Crippen LogP contribution is 2.55. The normalized spacial score (nSPS) is 17.6. The lowest BCUT2D eigenvalue weighted by molar-refractivity contribution is 0.220. The molecule has 0 saturated carbocycles. The van der Waals surface area contributed by atoms with Gasteiger partial charge in [0, 0.05) is 23.7 Å². The third kappa shape index (κ3) is 2.55. The van der Waals surface area contributed by atoms with Gasteiger partial charge in [0.1, 0.15) is 0 Å². The summed E-state index contributed by atoms with van der Waals surface area (Å²) < 4.78 is 22.7. The molecule has 1 atom stereocenters. The molecule has 0 aromatic heterocycles. The van der Waals surface area contributed by atoms with Crippen molar-refractivity contribution in [1.29, 1.82) is 0 Å². The average molecular weight is 385 g/mol. The fourth-order valence-corrected chi connectivity index (χ4v) is 4.78. The number of benzene rings is 2. The monoisotopic (exact) mass is 385 g/mol. The molecule has 0 fully saturated rings. The Kier molecular flexibility index (Phi) is 4.85. The van der Waals surface area contributed by atoms with Crippen molar-refractivity contribution < 1.29 is 24.1 Å². The molecule has 6 heteroatoms. The Morgan fingerprint density at radius 3 is 2.29 bits per heavy atom. The van der Waals surface area contributed by atoms with E-state index in [1.165, 1.54) is 16.7 Å². The molecular formula is C22H27NO5. The highest BCUT2D eigenvalue weighted by molar-refractivity contribution is 5.86. The molecule has 0 saturated heterocycles. The van der Waals surface area contributed by atoms with Gasteiger partial charge in [-0.2, -0.15) is 0 Å². The molecule has 150 valence electrons. The number of aliphatic hydroxyl groups excluding tert-OH is 1. The van der Waals surface area contributed by atoms with Gasteiger partial charge in [0.15, 0.2) is 23.0 Å². The maximum atomic E-state index is 10.1. The third-order valence-corrected chi connectivity index (χ3v) is 6.10. The van der Waals surface area contributed by atoms with Crippen molar-refractivity contribution in [2.75, 3.05) is 42.0 Å². The maximum Gasteiger partial charge on any atom is 0.169 e. The number of fused-ring (bicyclic) bond motifs is 2. The second-order valence-corrected chi connectivity index (χ2v) is 7.29. The lowest BCUT2D eigenvalue weighted by Crippen LogP contribution is -2.36. The summed E-state index contributed by atoms with van der Waals surface area (Å²) in [4.78, 5) is 2.37. The van der Waals surface area contributed by atoms with Gasteiger partial charge in [-0.1, -0.05) is 0 Å². The minimum atomic E-state index is -0.0721. The van der Waals surface area contributed by atoms with Gasteiger partial charge in [-0.15, -0.1) is 0 Å². The van der Waals surface area contributed by atoms with Crippen LogP contribution in [-0.4, -0.2) is 52.0 Å². The molecule has 1 heterocycles. The van der Waals surface area contributed by atoms with E-state index in [2.05, 4.69) is 18.0 Å². The highest BCUT2D eigenvalue weighted by atomic mass is 16.5. The van der Waals surface area contributed by atoms with Gasteiger partial charge in [-0.05, 0) is 54.3 Å². The summed E-state index contributed by atoms with van der Waals surface area (Å²) in [5.41, 5.74) is 6.53. The zero-order valence-corrected chi connectivity index (χ0v) is 17.1. The van der Waals surface area contributed by atoms with Crippen LogP contribution in [0.3, 0.4) is 0 Å². The standard InChI is InChI=1S/C22H27NO5/c1-23-7-6-13-15(11-24)21(27-4)22(28-5)20-14-10-18(26-3)17(25-2)9-12(14)8-16(23)19(13)20/h9-10,16,24H,6-8,11H2,1-5H3/t16-/m1/s1. The van der Waals surface area contributed by atoms with Crippen molar-refractivity contribution in [3.8, 4) is 34.1 Å². The molecule has 6 nitrogen and oxygen atoms in total. The fraction of sp³-hybridized carbons (Fsp3) is 0.455. The zero-order chi connectivity index (χ0) is 20.0. The number of aliphatic hydroxyl groups is 1. The van der Waals surface area contributed by atoms with Crippen LogP contribution in [0.15, 0.2) is 12.1 Å². The summed E-state index contributed by atoms with van der Waals surface area (Å²) in [5, 5.41) is 10.1. The maximum absolute atomic E-state index is 10.1. The second-order valence-electron chi connectivity index (χ2n) is 7.29. The van der Waals surface area contributed by atoms with Crippen LogP contribution in [0.4, 0.5) is 0 Å². The molecule has 1 aliphatic heterocycles. The van der Waals surface area contributed by atoms with E-state index >= 15 is 0 Å². The van der Waals surface area contributed by atoms with Crippen LogP contribution in [0.2, 0.25) is 0 Å². The van der Waals surface area contributed by atoms with E-state index in [-0.39, 0.29) is 12.6 Å². The number of likely N-dealkylation sites (N-methyl/N-ethyl adjacent to an activating group) is 1. The van der Waals surface area contributed by atoms with Crippen LogP contribution in [0.25, 0.3) is 11.1 Å². The first-order valence-corrected chi connectivity index (χ1v) is 9.45. The minimum absolute atomic E-state index is 0.0721. The Morgan fingerprint density at radius 1 is 1.00 bits per heavy atom. The number of nitrogens with zero attached hydrogens (tertiary/aromatic N) is 1. The van der Waals surface area contributed by atoms with Gasteiger partial charge in [0.25, 0.3) is 0 Å². The number of methoxy groups -OCH3 is 4. The van der Waals surface area contributed by atoms with Crippen LogP contribution >= 0.6 is 0 Å². The van der Waals surface area contributed by atoms with Gasteiger partial charge in [-0.3, -0.25) is 4.90 Å². The molecule has 2 aliphatic rings. The van der Waals surface area contributed by atoms with Crippen molar-refractivity contribution in [2.24, 2.45) is 0 Å². The van der Waals surface area contributed by atoms with Crippen molar-refractivity contribution in [2.45, 2.75) is 25.5 Å². The van der Waals surface area contributed by atoms with E-state index in [0.717, 1.165) is 41.8 Å². The Hall–Kier alpha value is -2.44. The van der Waals surface area contributed by atoms with Gasteiger partial charge in [-0.25, -0.2) is 0 Å². The molecule has 4 rings (SSSR count). The summed E-state index contributed by atoms with van der Waals surface area (Å²) in [6.07, 6.45) is 1.74. The molecule has 1 N–H and O–H groups in total. The molecular weight excluding hydrogens is 358 g/mol. The Bertz CT molecular complexity index is 924. The fourth-order valence-electron chi connectivity index (χ4n) is 4.78. The topological polar surface area (TPSA) is 60.4 Å². The van der Waals surface area contributed by atoms with E-state index in [0.29, 0.717) is 17.2 Å². The van der Waals surface area contributed by atoms with Gasteiger partial charge in [0.2, 0.25) is 0 Å². The van der Waals surface area contributed by atoms with E-state index < -0.39 is 0 Å². The van der Waals surface area contributed by atoms with E-state index in [1.54, 1.807) is 28.4 Å². The first-order chi connectivity index (χ1) is 13.6. The molecule has 0 radical (unpaired) electrons. The summed E-state index contributed by atoms with van der Waals surface area (Å²) >= 11 is 0. The van der Waals surface area contributed by atoms with Crippen LogP contribution in [0, 0.1) is 0 Å². The molecule has 2 aromatic rings. The predicted molar refractivity (Wildman–Crippen MR) is 107 cm³/mol. The van der Waals surface area contributed by atoms with Crippen LogP contribution in [0.5, 0.6) is 23.0 Å². The lowest BCUT2D eigenvalue weighted by Gasteiger charge is -2.41. The van der Waals surface area contributed by atoms with Crippen LogP contribution < -0.4 is 18.9 Å². The number of rotatable bonds is 5. The number of hydrogen-bond donors (Lipinski definition) is 1. The molecule has 0 amide bonds. The minimum Gasteiger partial charge on any atom is -0.493 e. The largest absolute Gasteiger partial charge is 0.493 e. The summed E-state index contributed by atoms with van der Waals surface area (Å²) in [5.74, 6) is 2.69. The Balaban J connectivity index is 2.11. The van der Waals surface area contributed by atoms with E-state index in [1.807, 2.05) is 6.07 Å². The predicted octanol–water partition coefficient (Wildman–Crippen LogP) is 2.97. The molecule has 2 aromatic carbocycles. The smallest absolute Gasteiger partial charge is 0.169 e. The summed E-state index contributed by atoms with van der Waals surface area (Å²) in [6, 6.07) is 4.30.